The van der Waals surface area contributed by atoms with Gasteiger partial charge in [-0.15, -0.1) is 0 Å². The summed E-state index contributed by atoms with van der Waals surface area (Å²) < 4.78 is 0. The van der Waals surface area contributed by atoms with Gasteiger partial charge in [0.1, 0.15) is 0 Å². The molecule has 1 N–H and O–H groups in total. The van der Waals surface area contributed by atoms with Crippen molar-refractivity contribution in [2.45, 2.75) is 18.9 Å². The van der Waals surface area contributed by atoms with Crippen LogP contribution in [0.3, 0.4) is 0 Å². The van der Waals surface area contributed by atoms with Gasteiger partial charge in [0.2, 0.25) is 0 Å². The summed E-state index contributed by atoms with van der Waals surface area (Å²) in [5, 5.41) is 11.5. The number of carbonyl (C=O) groups excluding carboxylic acids is 2. The Balaban J connectivity index is 1.75. The molecule has 5 rings (SSSR count). The average molecular weight is 357 g/mol. The van der Waals surface area contributed by atoms with Crippen molar-refractivity contribution < 1.29 is 19.5 Å². The van der Waals surface area contributed by atoms with Gasteiger partial charge in [-0.2, -0.15) is 0 Å². The molecule has 0 saturated heterocycles. The minimum atomic E-state index is -1.36. The van der Waals surface area contributed by atoms with Crippen LogP contribution in [-0.4, -0.2) is 27.8 Å². The molecule has 3 aromatic carbocycles. The molecule has 5 heteroatoms. The molecular formula is C22H15NO4. The SMILES string of the molecule is O=C(O)[C@@H](c1ccccc1)N1C(=O)c2ccc3c4c(ccc(c24)C1=O)CC3. The Labute approximate surface area is 154 Å². The molecule has 132 valence electrons. The minimum Gasteiger partial charge on any atom is -0.479 e. The van der Waals surface area contributed by atoms with Gasteiger partial charge in [-0.1, -0.05) is 42.5 Å². The van der Waals surface area contributed by atoms with Gasteiger partial charge in [-0.3, -0.25) is 14.5 Å². The molecule has 1 atom stereocenters. The van der Waals surface area contributed by atoms with Gasteiger partial charge >= 0.3 is 5.97 Å². The Morgan fingerprint density at radius 3 is 1.89 bits per heavy atom. The summed E-state index contributed by atoms with van der Waals surface area (Å²) in [6, 6.07) is 14.3. The molecule has 0 aromatic heterocycles. The highest BCUT2D eigenvalue weighted by Gasteiger charge is 2.42. The van der Waals surface area contributed by atoms with Gasteiger partial charge in [0.15, 0.2) is 6.04 Å². The average Bonchev–Trinajstić information content (AvgIpc) is 3.10. The van der Waals surface area contributed by atoms with Crippen molar-refractivity contribution in [3.05, 3.63) is 82.4 Å². The molecule has 1 aliphatic heterocycles. The van der Waals surface area contributed by atoms with Crippen molar-refractivity contribution >= 4 is 28.6 Å². The quantitative estimate of drug-likeness (QED) is 0.730. The standard InChI is InChI=1S/C22H15NO4/c24-20-15-10-8-12-6-7-13-9-11-16(18(15)17(12)13)21(25)23(20)19(22(26)27)14-4-2-1-3-5-14/h1-5,8-11,19H,6-7H2,(H,26,27)/t19-/m1/s1. The van der Waals surface area contributed by atoms with Crippen LogP contribution < -0.4 is 0 Å². The Hall–Kier alpha value is -3.47. The fourth-order valence-electron chi connectivity index (χ4n) is 4.31. The minimum absolute atomic E-state index is 0.393. The van der Waals surface area contributed by atoms with Gasteiger partial charge in [0.05, 0.1) is 0 Å². The van der Waals surface area contributed by atoms with E-state index in [2.05, 4.69) is 0 Å². The molecular weight excluding hydrogens is 342 g/mol. The number of carboxylic acids is 1. The maximum absolute atomic E-state index is 13.2. The second kappa shape index (κ2) is 5.51. The van der Waals surface area contributed by atoms with E-state index in [-0.39, 0.29) is 0 Å². The molecule has 2 amide bonds. The van der Waals surface area contributed by atoms with Crippen LogP contribution in [-0.2, 0) is 17.6 Å². The highest BCUT2D eigenvalue weighted by atomic mass is 16.4. The van der Waals surface area contributed by atoms with Crippen molar-refractivity contribution in [3.63, 3.8) is 0 Å². The lowest BCUT2D eigenvalue weighted by Crippen LogP contribution is -2.45. The summed E-state index contributed by atoms with van der Waals surface area (Å²) in [5.74, 6) is -2.35. The topological polar surface area (TPSA) is 74.7 Å². The van der Waals surface area contributed by atoms with E-state index in [9.17, 15) is 19.5 Å². The van der Waals surface area contributed by atoms with Gasteiger partial charge in [-0.05, 0) is 47.1 Å². The van der Waals surface area contributed by atoms with Crippen molar-refractivity contribution in [1.29, 1.82) is 0 Å². The third-order valence-electron chi connectivity index (χ3n) is 5.50. The molecule has 27 heavy (non-hydrogen) atoms. The smallest absolute Gasteiger partial charge is 0.331 e. The van der Waals surface area contributed by atoms with E-state index in [0.717, 1.165) is 34.3 Å². The molecule has 0 unspecified atom stereocenters. The normalized spacial score (nSPS) is 16.1. The second-order valence-electron chi connectivity index (χ2n) is 6.93. The fourth-order valence-corrected chi connectivity index (χ4v) is 4.31. The summed E-state index contributed by atoms with van der Waals surface area (Å²) in [4.78, 5) is 39.3. The van der Waals surface area contributed by atoms with E-state index in [4.69, 9.17) is 0 Å². The van der Waals surface area contributed by atoms with Crippen LogP contribution in [0.1, 0.15) is 43.4 Å². The van der Waals surface area contributed by atoms with E-state index in [1.807, 2.05) is 12.1 Å². The molecule has 0 bridgehead atoms. The number of hydrogen-bond donors (Lipinski definition) is 1. The second-order valence-corrected chi connectivity index (χ2v) is 6.93. The summed E-state index contributed by atoms with van der Waals surface area (Å²) in [5.41, 5.74) is 3.46. The van der Waals surface area contributed by atoms with Gasteiger partial charge in [-0.25, -0.2) is 4.79 Å². The third kappa shape index (κ3) is 2.08. The van der Waals surface area contributed by atoms with E-state index in [1.54, 1.807) is 42.5 Å². The molecule has 1 aliphatic carbocycles. The largest absolute Gasteiger partial charge is 0.479 e. The number of amides is 2. The lowest BCUT2D eigenvalue weighted by Gasteiger charge is -2.32. The van der Waals surface area contributed by atoms with Crippen LogP contribution in [0.5, 0.6) is 0 Å². The number of imide groups is 1. The molecule has 0 fully saturated rings. The van der Waals surface area contributed by atoms with Crippen molar-refractivity contribution in [3.8, 4) is 0 Å². The molecule has 0 saturated carbocycles. The van der Waals surface area contributed by atoms with E-state index >= 15 is 0 Å². The van der Waals surface area contributed by atoms with E-state index in [1.165, 1.54) is 0 Å². The van der Waals surface area contributed by atoms with Crippen LogP contribution >= 0.6 is 0 Å². The molecule has 1 heterocycles. The maximum atomic E-state index is 13.2. The number of aryl methyl sites for hydroxylation is 2. The lowest BCUT2D eigenvalue weighted by molar-refractivity contribution is -0.141. The first-order chi connectivity index (χ1) is 13.1. The zero-order valence-corrected chi connectivity index (χ0v) is 14.3. The maximum Gasteiger partial charge on any atom is 0.331 e. The van der Waals surface area contributed by atoms with Crippen LogP contribution in [0.4, 0.5) is 0 Å². The summed E-state index contributed by atoms with van der Waals surface area (Å²) in [7, 11) is 0. The molecule has 3 aromatic rings. The first kappa shape index (κ1) is 15.8. The van der Waals surface area contributed by atoms with Crippen LogP contribution in [0.25, 0.3) is 10.8 Å². The molecule has 5 nitrogen and oxygen atoms in total. The third-order valence-corrected chi connectivity index (χ3v) is 5.50. The highest BCUT2D eigenvalue weighted by molar-refractivity contribution is 6.27. The Kier molecular flexibility index (Phi) is 3.22. The summed E-state index contributed by atoms with van der Waals surface area (Å²) >= 11 is 0. The number of carboxylic acid groups (broad SMARTS) is 1. The van der Waals surface area contributed by atoms with Crippen molar-refractivity contribution in [1.82, 2.24) is 4.90 Å². The van der Waals surface area contributed by atoms with Crippen LogP contribution in [0, 0.1) is 0 Å². The van der Waals surface area contributed by atoms with Gasteiger partial charge in [0.25, 0.3) is 11.8 Å². The first-order valence-electron chi connectivity index (χ1n) is 8.81. The van der Waals surface area contributed by atoms with Gasteiger partial charge < -0.3 is 5.11 Å². The molecule has 0 spiro atoms. The zero-order valence-electron chi connectivity index (χ0n) is 14.3. The van der Waals surface area contributed by atoms with E-state index in [0.29, 0.717) is 22.1 Å². The highest BCUT2D eigenvalue weighted by Crippen LogP contribution is 2.40. The van der Waals surface area contributed by atoms with Gasteiger partial charge in [0, 0.05) is 16.5 Å². The number of benzene rings is 3. The molecule has 2 aliphatic rings. The zero-order chi connectivity index (χ0) is 18.7. The number of aliphatic carboxylic acids is 1. The Bertz CT molecular complexity index is 1090. The molecule has 0 radical (unpaired) electrons. The lowest BCUT2D eigenvalue weighted by atomic mass is 9.89. The Morgan fingerprint density at radius 2 is 1.37 bits per heavy atom. The summed E-state index contributed by atoms with van der Waals surface area (Å²) in [6.07, 6.45) is 1.78. The number of hydrogen-bond acceptors (Lipinski definition) is 3. The van der Waals surface area contributed by atoms with Crippen molar-refractivity contribution in [2.75, 3.05) is 0 Å². The predicted octanol–water partition coefficient (Wildman–Crippen LogP) is 3.36. The van der Waals surface area contributed by atoms with E-state index < -0.39 is 23.8 Å². The fraction of sp³-hybridized carbons (Fsp3) is 0.136. The van der Waals surface area contributed by atoms with Crippen LogP contribution in [0.15, 0.2) is 54.6 Å². The Morgan fingerprint density at radius 1 is 0.815 bits per heavy atom. The number of carbonyl (C=O) groups is 3. The summed E-state index contributed by atoms with van der Waals surface area (Å²) in [6.45, 7) is 0. The number of nitrogens with zero attached hydrogens (tertiary/aromatic N) is 1. The monoisotopic (exact) mass is 357 g/mol. The number of rotatable bonds is 3. The first-order valence-corrected chi connectivity index (χ1v) is 8.81. The van der Waals surface area contributed by atoms with Crippen LogP contribution in [0.2, 0.25) is 0 Å². The van der Waals surface area contributed by atoms with Crippen molar-refractivity contribution in [2.24, 2.45) is 0 Å². The predicted molar refractivity (Wildman–Crippen MR) is 98.7 cm³/mol.